The second-order valence-electron chi connectivity index (χ2n) is 5.54. The Kier molecular flexibility index (Phi) is 2.41. The van der Waals surface area contributed by atoms with Crippen molar-refractivity contribution < 1.29 is 0 Å². The van der Waals surface area contributed by atoms with Crippen LogP contribution in [0.15, 0.2) is 42.7 Å². The minimum atomic E-state index is 0.216. The van der Waals surface area contributed by atoms with E-state index in [9.17, 15) is 0 Å². The smallest absolute Gasteiger partial charge is 0.140 e. The number of H-pyrrole nitrogens is 1. The van der Waals surface area contributed by atoms with E-state index in [4.69, 9.17) is 5.73 Å². The van der Waals surface area contributed by atoms with E-state index in [1.807, 2.05) is 18.3 Å². The lowest BCUT2D eigenvalue weighted by Crippen LogP contribution is -2.19. The van der Waals surface area contributed by atoms with Crippen molar-refractivity contribution in [1.82, 2.24) is 15.0 Å². The Labute approximate surface area is 117 Å². The fourth-order valence-electron chi connectivity index (χ4n) is 2.74. The van der Waals surface area contributed by atoms with Crippen LogP contribution in [0.25, 0.3) is 22.4 Å². The molecule has 2 aromatic heterocycles. The number of nitrogens with one attached hydrogen (secondary N) is 1. The number of nitrogens with zero attached hydrogens (tertiary/aromatic N) is 2. The highest BCUT2D eigenvalue weighted by Crippen LogP contribution is 2.47. The Morgan fingerprint density at radius 3 is 2.85 bits per heavy atom. The second-order valence-corrected chi connectivity index (χ2v) is 5.54. The minimum absolute atomic E-state index is 0.216. The van der Waals surface area contributed by atoms with Gasteiger partial charge in [-0.25, -0.2) is 4.98 Å². The first-order valence-corrected chi connectivity index (χ1v) is 6.91. The molecule has 4 rings (SSSR count). The van der Waals surface area contributed by atoms with Crippen LogP contribution in [0, 0.1) is 0 Å². The van der Waals surface area contributed by atoms with Gasteiger partial charge >= 0.3 is 0 Å². The van der Waals surface area contributed by atoms with Gasteiger partial charge in [0.2, 0.25) is 0 Å². The third-order valence-electron chi connectivity index (χ3n) is 4.27. The van der Waals surface area contributed by atoms with Gasteiger partial charge in [-0.1, -0.05) is 6.07 Å². The molecule has 0 atom stereocenters. The van der Waals surface area contributed by atoms with Crippen molar-refractivity contribution >= 4 is 11.0 Å². The molecule has 1 fully saturated rings. The normalized spacial score (nSPS) is 16.4. The summed E-state index contributed by atoms with van der Waals surface area (Å²) >= 11 is 0. The number of rotatable bonds is 3. The van der Waals surface area contributed by atoms with Crippen LogP contribution in [0.1, 0.15) is 18.4 Å². The molecule has 1 aliphatic carbocycles. The number of nitrogens with two attached hydrogens (primary N) is 1. The number of aromatic amines is 1. The fraction of sp³-hybridized carbons (Fsp3) is 0.250. The molecule has 0 radical (unpaired) electrons. The van der Waals surface area contributed by atoms with Crippen LogP contribution in [0.5, 0.6) is 0 Å². The third-order valence-corrected chi connectivity index (χ3v) is 4.27. The van der Waals surface area contributed by atoms with Gasteiger partial charge in [0.25, 0.3) is 0 Å². The van der Waals surface area contributed by atoms with E-state index in [0.717, 1.165) is 29.0 Å². The van der Waals surface area contributed by atoms with E-state index in [1.165, 1.54) is 18.4 Å². The molecule has 100 valence electrons. The Hall–Kier alpha value is -2.20. The summed E-state index contributed by atoms with van der Waals surface area (Å²) in [7, 11) is 0. The van der Waals surface area contributed by atoms with Crippen molar-refractivity contribution in [1.29, 1.82) is 0 Å². The van der Waals surface area contributed by atoms with E-state index in [1.54, 1.807) is 6.20 Å². The van der Waals surface area contributed by atoms with Crippen LogP contribution in [0.3, 0.4) is 0 Å². The maximum atomic E-state index is 5.91. The minimum Gasteiger partial charge on any atom is -0.338 e. The highest BCUT2D eigenvalue weighted by Gasteiger charge is 2.42. The molecular weight excluding hydrogens is 248 g/mol. The molecule has 0 aliphatic heterocycles. The van der Waals surface area contributed by atoms with Gasteiger partial charge < -0.3 is 10.7 Å². The van der Waals surface area contributed by atoms with E-state index in [0.29, 0.717) is 0 Å². The van der Waals surface area contributed by atoms with E-state index in [-0.39, 0.29) is 5.41 Å². The highest BCUT2D eigenvalue weighted by molar-refractivity contribution is 5.80. The Morgan fingerprint density at radius 1 is 1.25 bits per heavy atom. The Bertz CT molecular complexity index is 757. The molecule has 3 N–H and O–H groups in total. The Morgan fingerprint density at radius 2 is 2.15 bits per heavy atom. The van der Waals surface area contributed by atoms with Gasteiger partial charge in [0, 0.05) is 29.9 Å². The molecule has 3 aromatic rings. The molecular formula is C16H16N4. The van der Waals surface area contributed by atoms with Gasteiger partial charge in [-0.2, -0.15) is 0 Å². The fourth-order valence-corrected chi connectivity index (χ4v) is 2.74. The van der Waals surface area contributed by atoms with Crippen molar-refractivity contribution in [3.63, 3.8) is 0 Å². The molecule has 1 saturated carbocycles. The number of pyridine rings is 1. The Balaban J connectivity index is 1.80. The summed E-state index contributed by atoms with van der Waals surface area (Å²) in [6.45, 7) is 0.724. The highest BCUT2D eigenvalue weighted by atomic mass is 14.9. The summed E-state index contributed by atoms with van der Waals surface area (Å²) in [6, 6.07) is 10.4. The largest absolute Gasteiger partial charge is 0.338 e. The van der Waals surface area contributed by atoms with Gasteiger partial charge in [0.05, 0.1) is 11.0 Å². The molecule has 0 saturated heterocycles. The molecule has 20 heavy (non-hydrogen) atoms. The van der Waals surface area contributed by atoms with Crippen molar-refractivity contribution in [2.45, 2.75) is 18.3 Å². The summed E-state index contributed by atoms with van der Waals surface area (Å²) in [5, 5.41) is 0. The van der Waals surface area contributed by atoms with Crippen LogP contribution >= 0.6 is 0 Å². The average Bonchev–Trinajstić information content (AvgIpc) is 3.20. The molecule has 1 aromatic carbocycles. The summed E-state index contributed by atoms with van der Waals surface area (Å²) in [5.41, 5.74) is 10.5. The molecule has 2 heterocycles. The third kappa shape index (κ3) is 1.72. The SMILES string of the molecule is NCC1(c2ccc3nc(-c4cccnc4)[nH]c3c2)CC1. The van der Waals surface area contributed by atoms with E-state index >= 15 is 0 Å². The summed E-state index contributed by atoms with van der Waals surface area (Å²) in [4.78, 5) is 12.1. The number of hydrogen-bond acceptors (Lipinski definition) is 3. The predicted molar refractivity (Wildman–Crippen MR) is 79.3 cm³/mol. The zero-order valence-electron chi connectivity index (χ0n) is 11.1. The lowest BCUT2D eigenvalue weighted by atomic mass is 9.96. The average molecular weight is 264 g/mol. The van der Waals surface area contributed by atoms with Gasteiger partial charge in [-0.05, 0) is 42.7 Å². The molecule has 1 aliphatic rings. The van der Waals surface area contributed by atoms with Crippen molar-refractivity contribution in [3.8, 4) is 11.4 Å². The van der Waals surface area contributed by atoms with Gasteiger partial charge in [-0.15, -0.1) is 0 Å². The summed E-state index contributed by atoms with van der Waals surface area (Å²) in [6.07, 6.45) is 5.97. The van der Waals surface area contributed by atoms with Crippen molar-refractivity contribution in [3.05, 3.63) is 48.3 Å². The second kappa shape index (κ2) is 4.15. The topological polar surface area (TPSA) is 67.6 Å². The van der Waals surface area contributed by atoms with Crippen LogP contribution < -0.4 is 5.73 Å². The molecule has 4 heteroatoms. The monoisotopic (exact) mass is 264 g/mol. The van der Waals surface area contributed by atoms with Gasteiger partial charge in [0.15, 0.2) is 0 Å². The molecule has 0 unspecified atom stereocenters. The van der Waals surface area contributed by atoms with Crippen LogP contribution in [-0.4, -0.2) is 21.5 Å². The number of benzene rings is 1. The molecule has 0 spiro atoms. The van der Waals surface area contributed by atoms with Crippen LogP contribution in [0.4, 0.5) is 0 Å². The predicted octanol–water partition coefficient (Wildman–Crippen LogP) is 2.62. The molecule has 4 nitrogen and oxygen atoms in total. The van der Waals surface area contributed by atoms with E-state index < -0.39 is 0 Å². The standard InChI is InChI=1S/C16H16N4/c17-10-16(5-6-16)12-3-4-13-14(8-12)20-15(19-13)11-2-1-7-18-9-11/h1-4,7-9H,5-6,10,17H2,(H,19,20). The number of fused-ring (bicyclic) bond motifs is 1. The maximum Gasteiger partial charge on any atom is 0.140 e. The van der Waals surface area contributed by atoms with Crippen molar-refractivity contribution in [2.24, 2.45) is 5.73 Å². The zero-order valence-corrected chi connectivity index (χ0v) is 11.1. The summed E-state index contributed by atoms with van der Waals surface area (Å²) < 4.78 is 0. The van der Waals surface area contributed by atoms with E-state index in [2.05, 4.69) is 33.2 Å². The quantitative estimate of drug-likeness (QED) is 0.764. The first-order chi connectivity index (χ1) is 9.81. The first kappa shape index (κ1) is 11.6. The maximum absolute atomic E-state index is 5.91. The van der Waals surface area contributed by atoms with Crippen molar-refractivity contribution in [2.75, 3.05) is 6.54 Å². The number of aromatic nitrogens is 3. The van der Waals surface area contributed by atoms with Crippen LogP contribution in [-0.2, 0) is 5.41 Å². The lowest BCUT2D eigenvalue weighted by molar-refractivity contribution is 0.706. The van der Waals surface area contributed by atoms with Crippen LogP contribution in [0.2, 0.25) is 0 Å². The molecule has 0 bridgehead atoms. The molecule has 0 amide bonds. The number of imidazole rings is 1. The van der Waals surface area contributed by atoms with Gasteiger partial charge in [0.1, 0.15) is 5.82 Å². The lowest BCUT2D eigenvalue weighted by Gasteiger charge is -2.12. The first-order valence-electron chi connectivity index (χ1n) is 6.91. The summed E-state index contributed by atoms with van der Waals surface area (Å²) in [5.74, 6) is 0.864. The zero-order chi connectivity index (χ0) is 13.6. The van der Waals surface area contributed by atoms with Gasteiger partial charge in [-0.3, -0.25) is 4.98 Å². The number of hydrogen-bond donors (Lipinski definition) is 2.